The molecule has 0 aliphatic rings. The van der Waals surface area contributed by atoms with Crippen molar-refractivity contribution in [1.29, 1.82) is 0 Å². The van der Waals surface area contributed by atoms with Crippen LogP contribution >= 0.6 is 0 Å². The Balaban J connectivity index is 3.55. The van der Waals surface area contributed by atoms with Gasteiger partial charge >= 0.3 is 17.1 Å². The third-order valence-electron chi connectivity index (χ3n) is 3.38. The first kappa shape index (κ1) is 20.2. The van der Waals surface area contributed by atoms with Crippen LogP contribution in [0.5, 0.6) is 0 Å². The number of nitrogens with two attached hydrogens (primary N) is 3. The van der Waals surface area contributed by atoms with Gasteiger partial charge in [-0.1, -0.05) is 0 Å². The molecule has 0 bridgehead atoms. The minimum atomic E-state index is -1.19. The molecule has 12 nitrogen and oxygen atoms in total. The molecule has 3 unspecified atom stereocenters. The molecule has 0 aliphatic heterocycles. The zero-order valence-electron chi connectivity index (χ0n) is 13.1. The Hall–Kier alpha value is -1.83. The standard InChI is InChI=1S/C12H24N6O6/c13-1-7(19)4-16-10(22)17(5-8(20)2-14)12(24)18(11(16)23)6-9(21)3-15/h7-9,19-21H,1-6,13-15H2. The Labute approximate surface area is 136 Å². The summed E-state index contributed by atoms with van der Waals surface area (Å²) in [6.45, 7) is -1.94. The fourth-order valence-electron chi connectivity index (χ4n) is 2.01. The molecule has 3 atom stereocenters. The molecule has 9 N–H and O–H groups in total. The van der Waals surface area contributed by atoms with E-state index in [1.54, 1.807) is 0 Å². The summed E-state index contributed by atoms with van der Waals surface area (Å²) in [6, 6.07) is 0. The van der Waals surface area contributed by atoms with Crippen LogP contribution in [0.25, 0.3) is 0 Å². The van der Waals surface area contributed by atoms with Gasteiger partial charge in [0.1, 0.15) is 0 Å². The highest BCUT2D eigenvalue weighted by molar-refractivity contribution is 4.82. The summed E-state index contributed by atoms with van der Waals surface area (Å²) in [5.74, 6) is 0. The molecule has 0 saturated heterocycles. The van der Waals surface area contributed by atoms with Gasteiger partial charge in [0.05, 0.1) is 37.9 Å². The van der Waals surface area contributed by atoms with Crippen LogP contribution in [-0.4, -0.2) is 67.0 Å². The number of aromatic nitrogens is 3. The fourth-order valence-corrected chi connectivity index (χ4v) is 2.01. The number of rotatable bonds is 9. The highest BCUT2D eigenvalue weighted by Gasteiger charge is 2.20. The summed E-state index contributed by atoms with van der Waals surface area (Å²) in [6.07, 6.45) is -3.56. The van der Waals surface area contributed by atoms with E-state index >= 15 is 0 Å². The average molecular weight is 348 g/mol. The van der Waals surface area contributed by atoms with Gasteiger partial charge in [0.25, 0.3) is 0 Å². The number of hydrogen-bond donors (Lipinski definition) is 6. The van der Waals surface area contributed by atoms with E-state index < -0.39 is 55.0 Å². The Morgan fingerprint density at radius 1 is 0.625 bits per heavy atom. The predicted octanol–water partition coefficient (Wildman–Crippen LogP) is -5.87. The third kappa shape index (κ3) is 4.59. The number of aliphatic hydroxyl groups excluding tert-OH is 3. The zero-order valence-corrected chi connectivity index (χ0v) is 13.1. The van der Waals surface area contributed by atoms with Crippen LogP contribution < -0.4 is 34.3 Å². The lowest BCUT2D eigenvalue weighted by molar-refractivity contribution is 0.135. The van der Waals surface area contributed by atoms with Crippen molar-refractivity contribution in [2.24, 2.45) is 17.2 Å². The Kier molecular flexibility index (Phi) is 7.47. The molecule has 1 aromatic rings. The van der Waals surface area contributed by atoms with Gasteiger partial charge in [-0.25, -0.2) is 28.1 Å². The largest absolute Gasteiger partial charge is 0.390 e. The van der Waals surface area contributed by atoms with E-state index in [1.807, 2.05) is 0 Å². The van der Waals surface area contributed by atoms with Gasteiger partial charge in [-0.2, -0.15) is 0 Å². The lowest BCUT2D eigenvalue weighted by atomic mass is 10.3. The van der Waals surface area contributed by atoms with Crippen molar-refractivity contribution < 1.29 is 15.3 Å². The van der Waals surface area contributed by atoms with Gasteiger partial charge in [0.2, 0.25) is 0 Å². The normalized spacial score (nSPS) is 15.2. The van der Waals surface area contributed by atoms with E-state index in [1.165, 1.54) is 0 Å². The van der Waals surface area contributed by atoms with E-state index in [2.05, 4.69) is 0 Å². The number of hydrogen-bond acceptors (Lipinski definition) is 9. The summed E-state index contributed by atoms with van der Waals surface area (Å²) < 4.78 is 1.85. The second-order valence-electron chi connectivity index (χ2n) is 5.35. The summed E-state index contributed by atoms with van der Waals surface area (Å²) in [5, 5.41) is 28.8. The fraction of sp³-hybridized carbons (Fsp3) is 0.750. The topological polar surface area (TPSA) is 205 Å². The SMILES string of the molecule is NCC(O)Cn1c(=O)n(CC(O)CN)c(=O)n(CC(O)CN)c1=O. The maximum absolute atomic E-state index is 12.3. The minimum Gasteiger partial charge on any atom is -0.390 e. The molecule has 0 aliphatic carbocycles. The molecule has 0 radical (unpaired) electrons. The average Bonchev–Trinajstić information content (AvgIpc) is 2.58. The minimum absolute atomic E-state index is 0.206. The molecular formula is C12H24N6O6. The van der Waals surface area contributed by atoms with E-state index in [-0.39, 0.29) is 19.6 Å². The summed E-state index contributed by atoms with van der Waals surface area (Å²) in [5.41, 5.74) is 12.8. The predicted molar refractivity (Wildman–Crippen MR) is 84.4 cm³/mol. The molecule has 1 heterocycles. The molecule has 24 heavy (non-hydrogen) atoms. The Morgan fingerprint density at radius 2 is 0.833 bits per heavy atom. The third-order valence-corrected chi connectivity index (χ3v) is 3.38. The molecule has 0 amide bonds. The van der Waals surface area contributed by atoms with Crippen molar-refractivity contribution >= 4 is 0 Å². The van der Waals surface area contributed by atoms with Crippen LogP contribution in [0, 0.1) is 0 Å². The molecule has 0 saturated carbocycles. The van der Waals surface area contributed by atoms with E-state index in [0.717, 1.165) is 0 Å². The quantitative estimate of drug-likeness (QED) is 0.251. The maximum atomic E-state index is 12.3. The lowest BCUT2D eigenvalue weighted by Crippen LogP contribution is -2.57. The second-order valence-corrected chi connectivity index (χ2v) is 5.35. The van der Waals surface area contributed by atoms with Crippen molar-refractivity contribution in [3.8, 4) is 0 Å². The molecular weight excluding hydrogens is 324 g/mol. The number of aliphatic hydroxyl groups is 3. The van der Waals surface area contributed by atoms with E-state index in [9.17, 15) is 29.7 Å². The molecule has 12 heteroatoms. The molecule has 0 aromatic carbocycles. The highest BCUT2D eigenvalue weighted by Crippen LogP contribution is 1.88. The first-order valence-corrected chi connectivity index (χ1v) is 7.35. The molecule has 0 spiro atoms. The van der Waals surface area contributed by atoms with Crippen molar-refractivity contribution in [2.45, 2.75) is 37.9 Å². The van der Waals surface area contributed by atoms with Gasteiger partial charge in [0.15, 0.2) is 0 Å². The highest BCUT2D eigenvalue weighted by atomic mass is 16.3. The van der Waals surface area contributed by atoms with Gasteiger partial charge in [-0.15, -0.1) is 0 Å². The van der Waals surface area contributed by atoms with Gasteiger partial charge in [-0.05, 0) is 0 Å². The lowest BCUT2D eigenvalue weighted by Gasteiger charge is -2.18. The zero-order chi connectivity index (χ0) is 18.4. The smallest absolute Gasteiger partial charge is 0.336 e. The maximum Gasteiger partial charge on any atom is 0.336 e. The molecule has 0 fully saturated rings. The van der Waals surface area contributed by atoms with Gasteiger partial charge in [-0.3, -0.25) is 0 Å². The van der Waals surface area contributed by atoms with Crippen LogP contribution in [0.3, 0.4) is 0 Å². The molecule has 1 rings (SSSR count). The number of nitrogens with zero attached hydrogens (tertiary/aromatic N) is 3. The summed E-state index contributed by atoms with van der Waals surface area (Å²) in [7, 11) is 0. The molecule has 1 aromatic heterocycles. The first-order chi connectivity index (χ1) is 11.3. The van der Waals surface area contributed by atoms with E-state index in [4.69, 9.17) is 17.2 Å². The van der Waals surface area contributed by atoms with Crippen LogP contribution in [0.15, 0.2) is 14.4 Å². The summed E-state index contributed by atoms with van der Waals surface area (Å²) >= 11 is 0. The van der Waals surface area contributed by atoms with E-state index in [0.29, 0.717) is 13.7 Å². The first-order valence-electron chi connectivity index (χ1n) is 7.35. The Bertz CT molecular complexity index is 584. The second kappa shape index (κ2) is 8.86. The van der Waals surface area contributed by atoms with Crippen molar-refractivity contribution in [2.75, 3.05) is 19.6 Å². The van der Waals surface area contributed by atoms with Crippen LogP contribution in [-0.2, 0) is 19.6 Å². The van der Waals surface area contributed by atoms with Crippen molar-refractivity contribution in [1.82, 2.24) is 13.7 Å². The van der Waals surface area contributed by atoms with Gasteiger partial charge < -0.3 is 32.5 Å². The summed E-state index contributed by atoms with van der Waals surface area (Å²) in [4.78, 5) is 37.0. The van der Waals surface area contributed by atoms with Crippen LogP contribution in [0.1, 0.15) is 0 Å². The van der Waals surface area contributed by atoms with Crippen molar-refractivity contribution in [3.05, 3.63) is 31.5 Å². The van der Waals surface area contributed by atoms with Crippen molar-refractivity contribution in [3.63, 3.8) is 0 Å². The van der Waals surface area contributed by atoms with Crippen LogP contribution in [0.2, 0.25) is 0 Å². The Morgan fingerprint density at radius 3 is 1.00 bits per heavy atom. The van der Waals surface area contributed by atoms with Crippen LogP contribution in [0.4, 0.5) is 0 Å². The monoisotopic (exact) mass is 348 g/mol. The molecule has 138 valence electrons. The van der Waals surface area contributed by atoms with Gasteiger partial charge in [0, 0.05) is 19.6 Å².